The topological polar surface area (TPSA) is 58.2 Å². The lowest BCUT2D eigenvalue weighted by Crippen LogP contribution is -2.38. The molecule has 120 valence electrons. The molecule has 6 nitrogen and oxygen atoms in total. The molecule has 0 aliphatic carbocycles. The molecule has 2 saturated heterocycles. The summed E-state index contributed by atoms with van der Waals surface area (Å²) < 4.78 is 28.1. The van der Waals surface area contributed by atoms with Crippen LogP contribution in [-0.2, 0) is 23.7 Å². The van der Waals surface area contributed by atoms with Crippen LogP contribution in [0.2, 0.25) is 0 Å². The Balaban J connectivity index is 0.00000200. The van der Waals surface area contributed by atoms with Gasteiger partial charge in [0, 0.05) is 26.8 Å². The molecular weight excluding hydrogens is 286 g/mol. The minimum Gasteiger partial charge on any atom is -0.380 e. The molecule has 4 atom stereocenters. The molecule has 2 heterocycles. The molecule has 2 fully saturated rings. The zero-order valence-corrected chi connectivity index (χ0v) is 13.4. The largest absolute Gasteiger partial charge is 0.380 e. The zero-order valence-electron chi connectivity index (χ0n) is 12.6. The van der Waals surface area contributed by atoms with Gasteiger partial charge in [0.15, 0.2) is 12.1 Å². The van der Waals surface area contributed by atoms with E-state index >= 15 is 0 Å². The number of hydrogen-bond acceptors (Lipinski definition) is 6. The van der Waals surface area contributed by atoms with Crippen molar-refractivity contribution in [2.24, 2.45) is 0 Å². The van der Waals surface area contributed by atoms with Crippen LogP contribution in [0.15, 0.2) is 0 Å². The molecule has 0 aromatic rings. The molecule has 2 rings (SSSR count). The summed E-state index contributed by atoms with van der Waals surface area (Å²) in [5, 5.41) is 3.31. The van der Waals surface area contributed by atoms with E-state index in [1.54, 1.807) is 7.11 Å². The average molecular weight is 312 g/mol. The van der Waals surface area contributed by atoms with Crippen LogP contribution >= 0.6 is 12.4 Å². The van der Waals surface area contributed by atoms with Gasteiger partial charge in [0.25, 0.3) is 0 Å². The lowest BCUT2D eigenvalue weighted by molar-refractivity contribution is -0.226. The van der Waals surface area contributed by atoms with Crippen molar-refractivity contribution < 1.29 is 23.7 Å². The average Bonchev–Trinajstić information content (AvgIpc) is 2.83. The van der Waals surface area contributed by atoms with Gasteiger partial charge in [0.2, 0.25) is 0 Å². The number of nitrogens with one attached hydrogen (secondary N) is 1. The third kappa shape index (κ3) is 4.27. The van der Waals surface area contributed by atoms with Gasteiger partial charge < -0.3 is 29.0 Å². The van der Waals surface area contributed by atoms with Crippen LogP contribution in [0.5, 0.6) is 0 Å². The summed E-state index contributed by atoms with van der Waals surface area (Å²) >= 11 is 0. The third-order valence-corrected chi connectivity index (χ3v) is 3.31. The number of hydrogen-bond donors (Lipinski definition) is 1. The second-order valence-corrected chi connectivity index (χ2v) is 5.24. The zero-order chi connectivity index (χ0) is 13.9. The van der Waals surface area contributed by atoms with Crippen molar-refractivity contribution >= 4 is 12.4 Å². The molecule has 1 N–H and O–H groups in total. The van der Waals surface area contributed by atoms with Crippen LogP contribution in [0, 0.1) is 0 Å². The molecule has 2 aliphatic rings. The molecule has 20 heavy (non-hydrogen) atoms. The predicted molar refractivity (Wildman–Crippen MR) is 76.1 cm³/mol. The maximum absolute atomic E-state index is 5.90. The van der Waals surface area contributed by atoms with Crippen LogP contribution in [-0.4, -0.2) is 63.8 Å². The molecule has 0 saturated carbocycles. The van der Waals surface area contributed by atoms with E-state index in [4.69, 9.17) is 23.7 Å². The quantitative estimate of drug-likeness (QED) is 0.706. The first-order valence-corrected chi connectivity index (χ1v) is 6.89. The fourth-order valence-electron chi connectivity index (χ4n) is 2.53. The number of ether oxygens (including phenoxy) is 5. The van der Waals surface area contributed by atoms with Crippen LogP contribution in [0.3, 0.4) is 0 Å². The summed E-state index contributed by atoms with van der Waals surface area (Å²) in [6.45, 7) is 8.76. The van der Waals surface area contributed by atoms with Gasteiger partial charge in [0.1, 0.15) is 18.3 Å². The Morgan fingerprint density at radius 2 is 1.90 bits per heavy atom. The van der Waals surface area contributed by atoms with Crippen molar-refractivity contribution in [3.63, 3.8) is 0 Å². The predicted octanol–water partition coefficient (Wildman–Crippen LogP) is 0.926. The number of fused-ring (bicyclic) bond motifs is 1. The summed E-state index contributed by atoms with van der Waals surface area (Å²) in [6, 6.07) is 0. The van der Waals surface area contributed by atoms with Crippen LogP contribution < -0.4 is 5.32 Å². The van der Waals surface area contributed by atoms with E-state index < -0.39 is 5.79 Å². The third-order valence-electron chi connectivity index (χ3n) is 3.31. The second-order valence-electron chi connectivity index (χ2n) is 5.24. The van der Waals surface area contributed by atoms with Crippen LogP contribution in [0.4, 0.5) is 0 Å². The van der Waals surface area contributed by atoms with E-state index in [1.165, 1.54) is 0 Å². The smallest absolute Gasteiger partial charge is 0.186 e. The Hall–Kier alpha value is 0.0500. The van der Waals surface area contributed by atoms with Crippen molar-refractivity contribution in [1.82, 2.24) is 5.32 Å². The molecule has 0 radical (unpaired) electrons. The summed E-state index contributed by atoms with van der Waals surface area (Å²) in [5.74, 6) is -0.570. The Morgan fingerprint density at radius 3 is 2.55 bits per heavy atom. The monoisotopic (exact) mass is 311 g/mol. The molecule has 2 aliphatic heterocycles. The van der Waals surface area contributed by atoms with Gasteiger partial charge in [-0.2, -0.15) is 0 Å². The molecular formula is C13H26ClNO5. The minimum atomic E-state index is -0.570. The SMILES string of the molecule is CCOCCNCC1OC(OC)C2OC(C)(C)OC12.Cl. The molecule has 0 aromatic heterocycles. The van der Waals surface area contributed by atoms with E-state index in [9.17, 15) is 0 Å². The Bertz CT molecular complexity index is 292. The van der Waals surface area contributed by atoms with Crippen molar-refractivity contribution in [2.45, 2.75) is 51.2 Å². The highest BCUT2D eigenvalue weighted by Crippen LogP contribution is 2.38. The maximum atomic E-state index is 5.90. The Kier molecular flexibility index (Phi) is 7.14. The molecule has 0 spiro atoms. The van der Waals surface area contributed by atoms with Crippen molar-refractivity contribution in [1.29, 1.82) is 0 Å². The normalized spacial score (nSPS) is 34.8. The second kappa shape index (κ2) is 7.89. The van der Waals surface area contributed by atoms with E-state index in [0.717, 1.165) is 13.2 Å². The highest BCUT2D eigenvalue weighted by molar-refractivity contribution is 5.85. The molecule has 7 heteroatoms. The molecule has 0 aromatic carbocycles. The van der Waals surface area contributed by atoms with Crippen molar-refractivity contribution in [3.05, 3.63) is 0 Å². The lowest BCUT2D eigenvalue weighted by atomic mass is 10.1. The maximum Gasteiger partial charge on any atom is 0.186 e. The first-order chi connectivity index (χ1) is 9.07. The first kappa shape index (κ1) is 18.1. The van der Waals surface area contributed by atoms with Gasteiger partial charge in [0.05, 0.1) is 6.61 Å². The van der Waals surface area contributed by atoms with Gasteiger partial charge in [-0.05, 0) is 20.8 Å². The number of rotatable bonds is 7. The summed E-state index contributed by atoms with van der Waals surface area (Å²) in [6.07, 6.45) is -0.651. The van der Waals surface area contributed by atoms with Gasteiger partial charge >= 0.3 is 0 Å². The molecule has 0 amide bonds. The fraction of sp³-hybridized carbons (Fsp3) is 1.00. The van der Waals surface area contributed by atoms with Crippen LogP contribution in [0.1, 0.15) is 20.8 Å². The minimum absolute atomic E-state index is 0. The number of methoxy groups -OCH3 is 1. The molecule has 4 unspecified atom stereocenters. The Morgan fingerprint density at radius 1 is 1.20 bits per heavy atom. The van der Waals surface area contributed by atoms with Gasteiger partial charge in [-0.25, -0.2) is 0 Å². The molecule has 0 bridgehead atoms. The highest BCUT2D eigenvalue weighted by atomic mass is 35.5. The summed E-state index contributed by atoms with van der Waals surface area (Å²) in [7, 11) is 1.63. The lowest BCUT2D eigenvalue weighted by Gasteiger charge is -2.23. The van der Waals surface area contributed by atoms with E-state index in [1.807, 2.05) is 20.8 Å². The standard InChI is InChI=1S/C13H25NO5.ClH/c1-5-16-7-6-14-8-9-10-11(12(15-4)17-9)19-13(2,3)18-10;/h9-12,14H,5-8H2,1-4H3;1H. The Labute approximate surface area is 126 Å². The first-order valence-electron chi connectivity index (χ1n) is 6.89. The van der Waals surface area contributed by atoms with Crippen LogP contribution in [0.25, 0.3) is 0 Å². The van der Waals surface area contributed by atoms with Gasteiger partial charge in [-0.1, -0.05) is 0 Å². The van der Waals surface area contributed by atoms with Gasteiger partial charge in [-0.3, -0.25) is 0 Å². The number of halogens is 1. The van der Waals surface area contributed by atoms with E-state index in [-0.39, 0.29) is 37.0 Å². The van der Waals surface area contributed by atoms with Gasteiger partial charge in [-0.15, -0.1) is 12.4 Å². The summed E-state index contributed by atoms with van der Waals surface area (Å²) in [5.41, 5.74) is 0. The fourth-order valence-corrected chi connectivity index (χ4v) is 2.53. The van der Waals surface area contributed by atoms with E-state index in [2.05, 4.69) is 5.32 Å². The highest BCUT2D eigenvalue weighted by Gasteiger charge is 2.55. The van der Waals surface area contributed by atoms with E-state index in [0.29, 0.717) is 13.2 Å². The summed E-state index contributed by atoms with van der Waals surface area (Å²) in [4.78, 5) is 0. The van der Waals surface area contributed by atoms with Crippen molar-refractivity contribution in [2.75, 3.05) is 33.4 Å². The van der Waals surface area contributed by atoms with Crippen molar-refractivity contribution in [3.8, 4) is 0 Å².